The van der Waals surface area contributed by atoms with Gasteiger partial charge in [0, 0.05) is 6.04 Å². The van der Waals surface area contributed by atoms with Gasteiger partial charge in [-0.15, -0.1) is 0 Å². The average Bonchev–Trinajstić information content (AvgIpc) is 3.20. The van der Waals surface area contributed by atoms with E-state index in [0.717, 1.165) is 12.1 Å². The highest BCUT2D eigenvalue weighted by molar-refractivity contribution is 5.96. The zero-order valence-corrected chi connectivity index (χ0v) is 15.6. The molecular weight excluding hydrogens is 389 g/mol. The summed E-state index contributed by atoms with van der Waals surface area (Å²) in [6.07, 6.45) is 0.535. The molecule has 0 radical (unpaired) electrons. The molecule has 1 saturated heterocycles. The molecule has 0 saturated carbocycles. The number of anilines is 1. The molecule has 2 amide bonds. The molecule has 2 atom stereocenters. The Labute approximate surface area is 164 Å². The number of nitrogens with zero attached hydrogens (tertiary/aromatic N) is 4. The van der Waals surface area contributed by atoms with E-state index < -0.39 is 23.6 Å². The first-order valence-electron chi connectivity index (χ1n) is 9.20. The van der Waals surface area contributed by atoms with E-state index in [4.69, 9.17) is 0 Å². The topological polar surface area (TPSA) is 78.7 Å². The van der Waals surface area contributed by atoms with E-state index in [0.29, 0.717) is 17.9 Å². The van der Waals surface area contributed by atoms with Gasteiger partial charge in [-0.2, -0.15) is 5.10 Å². The molecule has 1 aromatic carbocycles. The number of halogens is 3. The molecule has 10 heteroatoms. The van der Waals surface area contributed by atoms with Gasteiger partial charge < -0.3 is 14.9 Å². The van der Waals surface area contributed by atoms with Crippen LogP contribution in [0.4, 0.5) is 18.9 Å². The molecule has 3 heterocycles. The van der Waals surface area contributed by atoms with Crippen LogP contribution in [0.25, 0.3) is 0 Å². The minimum Gasteiger partial charge on any atom is -0.391 e. The van der Waals surface area contributed by atoms with Crippen molar-refractivity contribution >= 4 is 17.5 Å². The number of hydrogen-bond donors (Lipinski definition) is 1. The first-order valence-corrected chi connectivity index (χ1v) is 9.20. The van der Waals surface area contributed by atoms with Crippen LogP contribution >= 0.6 is 0 Å². The summed E-state index contributed by atoms with van der Waals surface area (Å²) in [6, 6.07) is 1.38. The van der Waals surface area contributed by atoms with Crippen LogP contribution < -0.4 is 4.90 Å². The number of carbonyl (C=O) groups excluding carboxylic acids is 2. The van der Waals surface area contributed by atoms with Crippen molar-refractivity contribution in [2.24, 2.45) is 0 Å². The molecule has 154 valence electrons. The highest BCUT2D eigenvalue weighted by atomic mass is 19.2. The van der Waals surface area contributed by atoms with Crippen LogP contribution in [-0.4, -0.2) is 50.3 Å². The highest BCUT2D eigenvalue weighted by Gasteiger charge is 2.35. The van der Waals surface area contributed by atoms with Gasteiger partial charge in [-0.1, -0.05) is 0 Å². The van der Waals surface area contributed by atoms with Crippen molar-refractivity contribution in [3.63, 3.8) is 0 Å². The van der Waals surface area contributed by atoms with Crippen LogP contribution in [0.1, 0.15) is 24.6 Å². The first-order chi connectivity index (χ1) is 13.7. The number of benzene rings is 1. The second-order valence-electron chi connectivity index (χ2n) is 7.44. The number of rotatable bonds is 3. The van der Waals surface area contributed by atoms with Gasteiger partial charge in [0.05, 0.1) is 56.2 Å². The fourth-order valence-corrected chi connectivity index (χ4v) is 3.85. The molecule has 1 aromatic heterocycles. The Morgan fingerprint density at radius 1 is 1.24 bits per heavy atom. The molecule has 2 aliphatic heterocycles. The van der Waals surface area contributed by atoms with Gasteiger partial charge in [-0.25, -0.2) is 13.2 Å². The van der Waals surface area contributed by atoms with E-state index in [1.165, 1.54) is 16.0 Å². The third-order valence-electron chi connectivity index (χ3n) is 5.33. The molecule has 4 rings (SSSR count). The summed E-state index contributed by atoms with van der Waals surface area (Å²) >= 11 is 0. The second kappa shape index (κ2) is 7.18. The summed E-state index contributed by atoms with van der Waals surface area (Å²) in [4.78, 5) is 27.9. The Hall–Kier alpha value is -2.88. The van der Waals surface area contributed by atoms with Crippen molar-refractivity contribution < 1.29 is 27.9 Å². The summed E-state index contributed by atoms with van der Waals surface area (Å²) in [7, 11) is 0. The van der Waals surface area contributed by atoms with Crippen LogP contribution in [0.5, 0.6) is 0 Å². The molecule has 0 aliphatic carbocycles. The minimum absolute atomic E-state index is 0.0331. The zero-order chi connectivity index (χ0) is 20.9. The average molecular weight is 408 g/mol. The van der Waals surface area contributed by atoms with E-state index in [9.17, 15) is 27.9 Å². The monoisotopic (exact) mass is 408 g/mol. The van der Waals surface area contributed by atoms with E-state index in [1.54, 1.807) is 4.68 Å². The molecule has 2 aromatic rings. The van der Waals surface area contributed by atoms with E-state index >= 15 is 0 Å². The van der Waals surface area contributed by atoms with Crippen molar-refractivity contribution in [2.45, 2.75) is 45.0 Å². The Morgan fingerprint density at radius 2 is 1.93 bits per heavy atom. The maximum absolute atomic E-state index is 13.4. The standard InChI is InChI=1S/C19H19F3N4O3/c1-10-7-26-16(15(6-23-26)25-8-12(27)5-18(25)29)9-24(10)17(28)4-11-2-13(20)19(22)14(21)3-11/h2-3,6,10,12,27H,4-5,7-9H2,1H3/t10-,12-/m0/s1. The molecule has 29 heavy (non-hydrogen) atoms. The fourth-order valence-electron chi connectivity index (χ4n) is 3.85. The number of fused-ring (bicyclic) bond motifs is 1. The van der Waals surface area contributed by atoms with Crippen LogP contribution in [0, 0.1) is 17.5 Å². The predicted octanol–water partition coefficient (Wildman–Crippen LogP) is 1.37. The van der Waals surface area contributed by atoms with Gasteiger partial charge in [-0.3, -0.25) is 14.3 Å². The predicted molar refractivity (Wildman–Crippen MR) is 95.2 cm³/mol. The third kappa shape index (κ3) is 3.48. The van der Waals surface area contributed by atoms with Crippen molar-refractivity contribution in [1.82, 2.24) is 14.7 Å². The number of amides is 2. The molecule has 1 N–H and O–H groups in total. The van der Waals surface area contributed by atoms with Gasteiger partial charge in [0.1, 0.15) is 0 Å². The SMILES string of the molecule is C[C@H]1Cn2ncc(N3C[C@@H](O)CC3=O)c2CN1C(=O)Cc1cc(F)c(F)c(F)c1. The quantitative estimate of drug-likeness (QED) is 0.779. The Morgan fingerprint density at radius 3 is 2.55 bits per heavy atom. The summed E-state index contributed by atoms with van der Waals surface area (Å²) < 4.78 is 41.7. The number of aromatic nitrogens is 2. The van der Waals surface area contributed by atoms with Gasteiger partial charge in [0.2, 0.25) is 11.8 Å². The molecule has 2 aliphatic rings. The minimum atomic E-state index is -1.57. The van der Waals surface area contributed by atoms with Crippen molar-refractivity contribution in [3.05, 3.63) is 47.0 Å². The number of aliphatic hydroxyl groups excluding tert-OH is 1. The molecule has 0 unspecified atom stereocenters. The molecule has 0 spiro atoms. The smallest absolute Gasteiger partial charge is 0.229 e. The normalized spacial score (nSPS) is 21.6. The van der Waals surface area contributed by atoms with Crippen molar-refractivity contribution in [2.75, 3.05) is 11.4 Å². The lowest BCUT2D eigenvalue weighted by Crippen LogP contribution is -2.46. The second-order valence-corrected chi connectivity index (χ2v) is 7.44. The summed E-state index contributed by atoms with van der Waals surface area (Å²) in [5.41, 5.74) is 1.22. The lowest BCUT2D eigenvalue weighted by molar-refractivity contribution is -0.134. The third-order valence-corrected chi connectivity index (χ3v) is 5.33. The van der Waals surface area contributed by atoms with E-state index in [2.05, 4.69) is 5.10 Å². The van der Waals surface area contributed by atoms with Gasteiger partial charge >= 0.3 is 0 Å². The first kappa shape index (κ1) is 19.4. The lowest BCUT2D eigenvalue weighted by Gasteiger charge is -2.35. The van der Waals surface area contributed by atoms with E-state index in [1.807, 2.05) is 6.92 Å². The zero-order valence-electron chi connectivity index (χ0n) is 15.6. The Bertz CT molecular complexity index is 970. The van der Waals surface area contributed by atoms with E-state index in [-0.39, 0.29) is 49.4 Å². The summed E-state index contributed by atoms with van der Waals surface area (Å²) in [6.45, 7) is 2.52. The largest absolute Gasteiger partial charge is 0.391 e. The summed E-state index contributed by atoms with van der Waals surface area (Å²) in [5.74, 6) is -4.85. The molecule has 1 fully saturated rings. The number of aliphatic hydroxyl groups is 1. The molecular formula is C19H19F3N4O3. The fraction of sp³-hybridized carbons (Fsp3) is 0.421. The highest BCUT2D eigenvalue weighted by Crippen LogP contribution is 2.30. The van der Waals surface area contributed by atoms with Gasteiger partial charge in [0.15, 0.2) is 17.5 Å². The number of carbonyl (C=O) groups is 2. The van der Waals surface area contributed by atoms with Crippen LogP contribution in [-0.2, 0) is 29.1 Å². The Kier molecular flexibility index (Phi) is 4.81. The number of hydrogen-bond acceptors (Lipinski definition) is 4. The maximum atomic E-state index is 13.4. The van der Waals surface area contributed by atoms with Gasteiger partial charge in [0.25, 0.3) is 0 Å². The van der Waals surface area contributed by atoms with Crippen molar-refractivity contribution in [3.8, 4) is 0 Å². The lowest BCUT2D eigenvalue weighted by atomic mass is 10.1. The summed E-state index contributed by atoms with van der Waals surface area (Å²) in [5, 5.41) is 14.0. The molecule has 0 bridgehead atoms. The molecule has 7 nitrogen and oxygen atoms in total. The number of β-amino-alcohol motifs (C(OH)–C–C–N with tert-alkyl or cyclic N) is 1. The van der Waals surface area contributed by atoms with Crippen LogP contribution in [0.3, 0.4) is 0 Å². The van der Waals surface area contributed by atoms with Gasteiger partial charge in [-0.05, 0) is 24.6 Å². The van der Waals surface area contributed by atoms with Crippen LogP contribution in [0.15, 0.2) is 18.3 Å². The van der Waals surface area contributed by atoms with Crippen LogP contribution in [0.2, 0.25) is 0 Å². The maximum Gasteiger partial charge on any atom is 0.229 e. The Balaban J connectivity index is 1.56. The van der Waals surface area contributed by atoms with Crippen molar-refractivity contribution in [1.29, 1.82) is 0 Å².